The number of hydrogen-bond donors (Lipinski definition) is 0. The van der Waals surface area contributed by atoms with E-state index in [4.69, 9.17) is 0 Å². The minimum Gasteiger partial charge on any atom is -0.300 e. The van der Waals surface area contributed by atoms with Gasteiger partial charge in [-0.25, -0.2) is 0 Å². The highest BCUT2D eigenvalue weighted by Crippen LogP contribution is 2.48. The molecule has 1 aliphatic heterocycles. The van der Waals surface area contributed by atoms with Crippen LogP contribution >= 0.6 is 0 Å². The second kappa shape index (κ2) is 4.38. The van der Waals surface area contributed by atoms with Gasteiger partial charge in [0.05, 0.1) is 0 Å². The molecule has 98 valence electrons. The second-order valence-corrected chi connectivity index (χ2v) is 6.42. The van der Waals surface area contributed by atoms with E-state index in [1.807, 2.05) is 0 Å². The van der Waals surface area contributed by atoms with E-state index < -0.39 is 0 Å². The smallest absolute Gasteiger partial charge is 0.0170 e. The quantitative estimate of drug-likeness (QED) is 0.767. The van der Waals surface area contributed by atoms with Crippen molar-refractivity contribution in [3.8, 4) is 0 Å². The first-order chi connectivity index (χ1) is 8.66. The van der Waals surface area contributed by atoms with E-state index in [0.717, 1.165) is 12.0 Å². The molecule has 1 aliphatic carbocycles. The van der Waals surface area contributed by atoms with Crippen LogP contribution in [0.4, 0.5) is 0 Å². The topological polar surface area (TPSA) is 3.24 Å². The molecule has 1 aromatic rings. The van der Waals surface area contributed by atoms with Crippen molar-refractivity contribution in [1.82, 2.24) is 4.90 Å². The zero-order valence-corrected chi connectivity index (χ0v) is 11.9. The van der Waals surface area contributed by atoms with Gasteiger partial charge < -0.3 is 0 Å². The summed E-state index contributed by atoms with van der Waals surface area (Å²) in [6.07, 6.45) is 3.86. The molecular formula is C17H25N. The third kappa shape index (κ3) is 1.64. The minimum atomic E-state index is 0.406. The molecule has 1 heteroatoms. The molecule has 1 aromatic carbocycles. The van der Waals surface area contributed by atoms with Gasteiger partial charge in [0.15, 0.2) is 0 Å². The Hall–Kier alpha value is -0.820. The zero-order chi connectivity index (χ0) is 12.8. The largest absolute Gasteiger partial charge is 0.300 e. The number of piperidine rings is 1. The van der Waals surface area contributed by atoms with Crippen molar-refractivity contribution < 1.29 is 0 Å². The Morgan fingerprint density at radius 3 is 2.89 bits per heavy atom. The van der Waals surface area contributed by atoms with Crippen LogP contribution in [0, 0.1) is 5.92 Å². The molecule has 1 fully saturated rings. The van der Waals surface area contributed by atoms with Gasteiger partial charge in [-0.3, -0.25) is 4.90 Å². The molecule has 1 heterocycles. The summed E-state index contributed by atoms with van der Waals surface area (Å²) in [5, 5.41) is 0. The summed E-state index contributed by atoms with van der Waals surface area (Å²) >= 11 is 0. The number of hydrogen-bond acceptors (Lipinski definition) is 1. The Balaban J connectivity index is 2.02. The number of likely N-dealkylation sites (tertiary alicyclic amines) is 1. The molecule has 0 spiro atoms. The minimum absolute atomic E-state index is 0.406. The van der Waals surface area contributed by atoms with Crippen molar-refractivity contribution >= 4 is 0 Å². The molecule has 18 heavy (non-hydrogen) atoms. The van der Waals surface area contributed by atoms with Crippen molar-refractivity contribution in [2.24, 2.45) is 5.92 Å². The van der Waals surface area contributed by atoms with Crippen LogP contribution in [0.2, 0.25) is 0 Å². The molecule has 3 atom stereocenters. The highest BCUT2D eigenvalue weighted by molar-refractivity contribution is 5.39. The van der Waals surface area contributed by atoms with Gasteiger partial charge in [0, 0.05) is 6.04 Å². The number of fused-ring (bicyclic) bond motifs is 4. The molecule has 3 rings (SSSR count). The lowest BCUT2D eigenvalue weighted by Gasteiger charge is -2.54. The van der Waals surface area contributed by atoms with Crippen LogP contribution in [-0.2, 0) is 11.8 Å². The van der Waals surface area contributed by atoms with Gasteiger partial charge in [-0.2, -0.15) is 0 Å². The van der Waals surface area contributed by atoms with Crippen molar-refractivity contribution in [1.29, 1.82) is 0 Å². The fourth-order valence-corrected chi connectivity index (χ4v) is 4.24. The summed E-state index contributed by atoms with van der Waals surface area (Å²) in [5.41, 5.74) is 3.64. The third-order valence-electron chi connectivity index (χ3n) is 5.54. The first-order valence-corrected chi connectivity index (χ1v) is 7.49. The van der Waals surface area contributed by atoms with Crippen LogP contribution < -0.4 is 0 Å². The normalized spacial score (nSPS) is 35.3. The van der Waals surface area contributed by atoms with Gasteiger partial charge in [-0.1, -0.05) is 45.0 Å². The molecular weight excluding hydrogens is 218 g/mol. The van der Waals surface area contributed by atoms with E-state index in [1.165, 1.54) is 32.4 Å². The Morgan fingerprint density at radius 2 is 2.11 bits per heavy atom. The monoisotopic (exact) mass is 243 g/mol. The lowest BCUT2D eigenvalue weighted by Crippen LogP contribution is -2.57. The number of nitrogens with zero attached hydrogens (tertiary/aromatic N) is 1. The molecule has 2 aliphatic rings. The summed E-state index contributed by atoms with van der Waals surface area (Å²) in [6, 6.07) is 9.91. The maximum absolute atomic E-state index is 2.74. The van der Waals surface area contributed by atoms with E-state index in [9.17, 15) is 0 Å². The summed E-state index contributed by atoms with van der Waals surface area (Å²) in [5.74, 6) is 0.785. The van der Waals surface area contributed by atoms with Gasteiger partial charge >= 0.3 is 0 Å². The second-order valence-electron chi connectivity index (χ2n) is 6.42. The van der Waals surface area contributed by atoms with Crippen LogP contribution in [0.25, 0.3) is 0 Å². The Bertz CT molecular complexity index is 439. The lowest BCUT2D eigenvalue weighted by molar-refractivity contribution is 0.0316. The number of rotatable bonds is 2. The van der Waals surface area contributed by atoms with Crippen LogP contribution in [0.15, 0.2) is 24.3 Å². The van der Waals surface area contributed by atoms with E-state index in [2.05, 4.69) is 49.9 Å². The molecule has 0 saturated carbocycles. The maximum atomic E-state index is 2.74. The lowest BCUT2D eigenvalue weighted by atomic mass is 9.59. The van der Waals surface area contributed by atoms with Gasteiger partial charge in [0.2, 0.25) is 0 Å². The predicted octanol–water partition coefficient (Wildman–Crippen LogP) is 3.62. The predicted molar refractivity (Wildman–Crippen MR) is 76.9 cm³/mol. The van der Waals surface area contributed by atoms with Gasteiger partial charge in [0.1, 0.15) is 0 Å². The van der Waals surface area contributed by atoms with E-state index in [-0.39, 0.29) is 0 Å². The van der Waals surface area contributed by atoms with Crippen LogP contribution in [0.5, 0.6) is 0 Å². The van der Waals surface area contributed by atoms with E-state index in [1.54, 1.807) is 11.1 Å². The first-order valence-electron chi connectivity index (χ1n) is 7.49. The Morgan fingerprint density at radius 1 is 1.33 bits per heavy atom. The highest BCUT2D eigenvalue weighted by Gasteiger charge is 2.47. The van der Waals surface area contributed by atoms with Gasteiger partial charge in [-0.15, -0.1) is 0 Å². The summed E-state index contributed by atoms with van der Waals surface area (Å²) in [4.78, 5) is 2.74. The SMILES string of the molecule is CCCN1CCC2(C)c3ccccc3CC1C2C. The fourth-order valence-electron chi connectivity index (χ4n) is 4.24. The van der Waals surface area contributed by atoms with Crippen molar-refractivity contribution in [3.63, 3.8) is 0 Å². The first kappa shape index (κ1) is 12.2. The van der Waals surface area contributed by atoms with Gasteiger partial charge in [0.25, 0.3) is 0 Å². The maximum Gasteiger partial charge on any atom is 0.0170 e. The van der Waals surface area contributed by atoms with Crippen molar-refractivity contribution in [2.45, 2.75) is 51.5 Å². The molecule has 1 nitrogen and oxygen atoms in total. The van der Waals surface area contributed by atoms with Crippen LogP contribution in [-0.4, -0.2) is 24.0 Å². The standard InChI is InChI=1S/C17H25N/c1-4-10-18-11-9-17(3)13(2)16(18)12-14-7-5-6-8-15(14)17/h5-8,13,16H,4,9-12H2,1-3H3. The van der Waals surface area contributed by atoms with E-state index >= 15 is 0 Å². The Kier molecular flexibility index (Phi) is 2.97. The third-order valence-corrected chi connectivity index (χ3v) is 5.54. The van der Waals surface area contributed by atoms with Crippen molar-refractivity contribution in [2.75, 3.05) is 13.1 Å². The van der Waals surface area contributed by atoms with Crippen molar-refractivity contribution in [3.05, 3.63) is 35.4 Å². The molecule has 0 amide bonds. The molecule has 1 saturated heterocycles. The highest BCUT2D eigenvalue weighted by atomic mass is 15.2. The van der Waals surface area contributed by atoms with Crippen LogP contribution in [0.3, 0.4) is 0 Å². The van der Waals surface area contributed by atoms with Crippen LogP contribution in [0.1, 0.15) is 44.7 Å². The molecule has 3 unspecified atom stereocenters. The fraction of sp³-hybridized carbons (Fsp3) is 0.647. The summed E-state index contributed by atoms with van der Waals surface area (Å²) < 4.78 is 0. The van der Waals surface area contributed by atoms with E-state index in [0.29, 0.717) is 5.41 Å². The average Bonchev–Trinajstić information content (AvgIpc) is 2.37. The summed E-state index contributed by atoms with van der Waals surface area (Å²) in [6.45, 7) is 9.82. The zero-order valence-electron chi connectivity index (χ0n) is 11.9. The molecule has 0 N–H and O–H groups in total. The average molecular weight is 243 g/mol. The Labute approximate surface area is 111 Å². The van der Waals surface area contributed by atoms with Gasteiger partial charge in [-0.05, 0) is 54.8 Å². The number of benzene rings is 1. The molecule has 0 aromatic heterocycles. The molecule has 2 bridgehead atoms. The molecule has 0 radical (unpaired) electrons. The summed E-state index contributed by atoms with van der Waals surface area (Å²) in [7, 11) is 0.